The second-order valence-electron chi connectivity index (χ2n) is 4.95. The Labute approximate surface area is 133 Å². The first-order valence-corrected chi connectivity index (χ1v) is 7.06. The fourth-order valence-corrected chi connectivity index (χ4v) is 1.68. The first-order valence-electron chi connectivity index (χ1n) is 6.31. The fraction of sp³-hybridized carbons (Fsp3) is 0.400. The SMILES string of the molecule is C=C(C)C1Cc2cc(CO)ccc2O1.CC(Cl)(Cl)C(=O)O. The molecule has 1 aromatic rings. The molecule has 2 N–H and O–H groups in total. The van der Waals surface area contributed by atoms with E-state index < -0.39 is 10.3 Å². The molecule has 21 heavy (non-hydrogen) atoms. The van der Waals surface area contributed by atoms with Crippen molar-refractivity contribution in [1.29, 1.82) is 0 Å². The molecule has 0 fully saturated rings. The van der Waals surface area contributed by atoms with Crippen molar-refractivity contribution in [1.82, 2.24) is 0 Å². The highest BCUT2D eigenvalue weighted by molar-refractivity contribution is 6.56. The molecule has 0 bridgehead atoms. The maximum Gasteiger partial charge on any atom is 0.339 e. The molecule has 116 valence electrons. The number of carbonyl (C=O) groups is 1. The van der Waals surface area contributed by atoms with Gasteiger partial charge in [0.15, 0.2) is 0 Å². The third-order valence-corrected chi connectivity index (χ3v) is 3.23. The number of aliphatic hydroxyl groups excluding tert-OH is 1. The lowest BCUT2D eigenvalue weighted by Crippen LogP contribution is -2.19. The zero-order valence-electron chi connectivity index (χ0n) is 11.9. The summed E-state index contributed by atoms with van der Waals surface area (Å²) in [4.78, 5) is 9.76. The highest BCUT2D eigenvalue weighted by Gasteiger charge is 2.25. The van der Waals surface area contributed by atoms with Gasteiger partial charge in [0.2, 0.25) is 4.33 Å². The van der Waals surface area contributed by atoms with Crippen molar-refractivity contribution >= 4 is 29.2 Å². The van der Waals surface area contributed by atoms with Crippen LogP contribution in [0.1, 0.15) is 25.0 Å². The summed E-state index contributed by atoms with van der Waals surface area (Å²) in [6.07, 6.45) is 0.984. The largest absolute Gasteiger partial charge is 0.485 e. The number of fused-ring (bicyclic) bond motifs is 1. The molecule has 2 rings (SSSR count). The quantitative estimate of drug-likeness (QED) is 0.658. The Kier molecular flexibility index (Phi) is 6.08. The summed E-state index contributed by atoms with van der Waals surface area (Å²) in [5.74, 6) is -0.300. The van der Waals surface area contributed by atoms with Gasteiger partial charge in [-0.2, -0.15) is 0 Å². The minimum absolute atomic E-state index is 0.0883. The van der Waals surface area contributed by atoms with Gasteiger partial charge in [0.1, 0.15) is 11.9 Å². The van der Waals surface area contributed by atoms with Gasteiger partial charge in [0, 0.05) is 6.42 Å². The summed E-state index contributed by atoms with van der Waals surface area (Å²) < 4.78 is 4.05. The van der Waals surface area contributed by atoms with Crippen LogP contribution in [0.5, 0.6) is 5.75 Å². The number of ether oxygens (including phenoxy) is 1. The molecule has 1 aliphatic heterocycles. The molecule has 0 aromatic heterocycles. The zero-order chi connectivity index (χ0) is 16.2. The summed E-state index contributed by atoms with van der Waals surface area (Å²) >= 11 is 10.1. The van der Waals surface area contributed by atoms with Gasteiger partial charge in [0.25, 0.3) is 0 Å². The van der Waals surface area contributed by atoms with Crippen molar-refractivity contribution in [2.45, 2.75) is 37.3 Å². The molecule has 4 nitrogen and oxygen atoms in total. The third-order valence-electron chi connectivity index (χ3n) is 2.91. The molecule has 0 amide bonds. The van der Waals surface area contributed by atoms with E-state index >= 15 is 0 Å². The number of benzene rings is 1. The van der Waals surface area contributed by atoms with Crippen molar-refractivity contribution in [3.63, 3.8) is 0 Å². The van der Waals surface area contributed by atoms with Gasteiger partial charge in [-0.05, 0) is 42.7 Å². The van der Waals surface area contributed by atoms with Crippen LogP contribution in [-0.4, -0.2) is 26.6 Å². The van der Waals surface area contributed by atoms with Crippen LogP contribution >= 0.6 is 23.2 Å². The van der Waals surface area contributed by atoms with Gasteiger partial charge in [-0.1, -0.05) is 35.8 Å². The van der Waals surface area contributed by atoms with Crippen LogP contribution in [0.4, 0.5) is 0 Å². The number of halogens is 2. The molecule has 1 aromatic carbocycles. The molecular weight excluding hydrogens is 315 g/mol. The summed E-state index contributed by atoms with van der Waals surface area (Å²) in [5, 5.41) is 17.0. The summed E-state index contributed by atoms with van der Waals surface area (Å²) in [5.41, 5.74) is 3.16. The third kappa shape index (κ3) is 5.23. The Hall–Kier alpha value is -1.23. The van der Waals surface area contributed by atoms with Crippen molar-refractivity contribution in [2.24, 2.45) is 0 Å². The van der Waals surface area contributed by atoms with Gasteiger partial charge in [-0.15, -0.1) is 0 Å². The maximum atomic E-state index is 9.76. The molecule has 1 atom stereocenters. The number of aliphatic hydroxyl groups is 1. The normalized spacial score (nSPS) is 16.3. The Balaban J connectivity index is 0.000000270. The fourth-order valence-electron chi connectivity index (χ4n) is 1.68. The Morgan fingerprint density at radius 3 is 2.52 bits per heavy atom. The zero-order valence-corrected chi connectivity index (χ0v) is 13.4. The van der Waals surface area contributed by atoms with Crippen molar-refractivity contribution < 1.29 is 19.7 Å². The van der Waals surface area contributed by atoms with E-state index in [1.807, 2.05) is 25.1 Å². The van der Waals surface area contributed by atoms with Gasteiger partial charge in [-0.3, -0.25) is 0 Å². The molecule has 0 spiro atoms. The molecule has 1 unspecified atom stereocenters. The summed E-state index contributed by atoms with van der Waals surface area (Å²) in [6.45, 7) is 7.15. The van der Waals surface area contributed by atoms with E-state index in [2.05, 4.69) is 6.58 Å². The number of hydrogen-bond donors (Lipinski definition) is 2. The molecular formula is C15H18Cl2O4. The number of carboxylic acids is 1. The van der Waals surface area contributed by atoms with Crippen LogP contribution in [0.2, 0.25) is 0 Å². The van der Waals surface area contributed by atoms with Gasteiger partial charge < -0.3 is 14.9 Å². The van der Waals surface area contributed by atoms with E-state index in [0.717, 1.165) is 23.3 Å². The smallest absolute Gasteiger partial charge is 0.339 e. The molecule has 6 heteroatoms. The van der Waals surface area contributed by atoms with E-state index in [1.165, 1.54) is 12.5 Å². The van der Waals surface area contributed by atoms with Gasteiger partial charge >= 0.3 is 5.97 Å². The predicted molar refractivity (Wildman–Crippen MR) is 83.0 cm³/mol. The molecule has 0 radical (unpaired) electrons. The van der Waals surface area contributed by atoms with Crippen LogP contribution in [0.3, 0.4) is 0 Å². The van der Waals surface area contributed by atoms with Crippen molar-refractivity contribution in [3.8, 4) is 5.75 Å². The number of carboxylic acid groups (broad SMARTS) is 1. The average molecular weight is 333 g/mol. The van der Waals surface area contributed by atoms with E-state index in [0.29, 0.717) is 0 Å². The van der Waals surface area contributed by atoms with Gasteiger partial charge in [0.05, 0.1) is 6.61 Å². The lowest BCUT2D eigenvalue weighted by atomic mass is 10.0. The number of rotatable bonds is 3. The minimum Gasteiger partial charge on any atom is -0.485 e. The standard InChI is InChI=1S/C12H14O2.C3H4Cl2O2/c1-8(2)12-6-10-5-9(7-13)3-4-11(10)14-12;1-3(4,5)2(6)7/h3-5,12-13H,1,6-7H2,2H3;1H3,(H,6,7). The number of alkyl halides is 2. The number of aliphatic carboxylic acids is 1. The summed E-state index contributed by atoms with van der Waals surface area (Å²) in [6, 6.07) is 5.81. The predicted octanol–water partition coefficient (Wildman–Crippen LogP) is 3.32. The van der Waals surface area contributed by atoms with Crippen LogP contribution in [0.15, 0.2) is 30.4 Å². The highest BCUT2D eigenvalue weighted by Crippen LogP contribution is 2.31. The maximum absolute atomic E-state index is 9.76. The monoisotopic (exact) mass is 332 g/mol. The molecule has 0 saturated heterocycles. The second kappa shape index (κ2) is 7.16. The van der Waals surface area contributed by atoms with E-state index in [9.17, 15) is 4.79 Å². The molecule has 0 saturated carbocycles. The molecule has 1 aliphatic rings. The van der Waals surface area contributed by atoms with Gasteiger partial charge in [-0.25, -0.2) is 4.79 Å². The second-order valence-corrected chi connectivity index (χ2v) is 6.66. The van der Waals surface area contributed by atoms with Crippen molar-refractivity contribution in [2.75, 3.05) is 0 Å². The first-order chi connectivity index (χ1) is 9.65. The molecule has 1 heterocycles. The lowest BCUT2D eigenvalue weighted by molar-refractivity contribution is -0.137. The Morgan fingerprint density at radius 2 is 2.10 bits per heavy atom. The van der Waals surface area contributed by atoms with Crippen LogP contribution < -0.4 is 4.74 Å². The number of hydrogen-bond acceptors (Lipinski definition) is 3. The van der Waals surface area contributed by atoms with Crippen molar-refractivity contribution in [3.05, 3.63) is 41.5 Å². The highest BCUT2D eigenvalue weighted by atomic mass is 35.5. The summed E-state index contributed by atoms with van der Waals surface area (Å²) in [7, 11) is 0. The van der Waals surface area contributed by atoms with Crippen LogP contribution in [0, 0.1) is 0 Å². The Morgan fingerprint density at radius 1 is 1.52 bits per heavy atom. The van der Waals surface area contributed by atoms with Crippen LogP contribution in [-0.2, 0) is 17.8 Å². The molecule has 0 aliphatic carbocycles. The Bertz CT molecular complexity index is 535. The van der Waals surface area contributed by atoms with Crippen LogP contribution in [0.25, 0.3) is 0 Å². The minimum atomic E-state index is -1.64. The topological polar surface area (TPSA) is 66.8 Å². The first kappa shape index (κ1) is 17.8. The van der Waals surface area contributed by atoms with E-state index in [4.69, 9.17) is 38.2 Å². The lowest BCUT2D eigenvalue weighted by Gasteiger charge is -2.08. The van der Waals surface area contributed by atoms with E-state index in [1.54, 1.807) is 0 Å². The average Bonchev–Trinajstić information content (AvgIpc) is 2.81. The van der Waals surface area contributed by atoms with E-state index in [-0.39, 0.29) is 12.7 Å².